The Labute approximate surface area is 120 Å². The number of piperidine rings is 1. The third-order valence-electron chi connectivity index (χ3n) is 4.83. The lowest BCUT2D eigenvalue weighted by molar-refractivity contribution is -0.127. The SMILES string of the molecule is CCC1CC(NCC(F)(F)F)CN(C2CCCCC2)C1. The van der Waals surface area contributed by atoms with Crippen LogP contribution in [0.3, 0.4) is 0 Å². The number of alkyl halides is 3. The van der Waals surface area contributed by atoms with Gasteiger partial charge in [0.05, 0.1) is 6.54 Å². The largest absolute Gasteiger partial charge is 0.401 e. The molecule has 1 saturated heterocycles. The van der Waals surface area contributed by atoms with Crippen molar-refractivity contribution in [2.45, 2.75) is 70.1 Å². The van der Waals surface area contributed by atoms with Gasteiger partial charge in [-0.2, -0.15) is 13.2 Å². The van der Waals surface area contributed by atoms with Gasteiger partial charge in [-0.3, -0.25) is 4.90 Å². The minimum absolute atomic E-state index is 0.00254. The van der Waals surface area contributed by atoms with Crippen molar-refractivity contribution in [3.8, 4) is 0 Å². The van der Waals surface area contributed by atoms with E-state index in [1.807, 2.05) is 0 Å². The van der Waals surface area contributed by atoms with E-state index in [4.69, 9.17) is 0 Å². The third-order valence-corrected chi connectivity index (χ3v) is 4.83. The highest BCUT2D eigenvalue weighted by molar-refractivity contribution is 4.88. The van der Waals surface area contributed by atoms with Crippen molar-refractivity contribution in [2.24, 2.45) is 5.92 Å². The summed E-state index contributed by atoms with van der Waals surface area (Å²) in [5, 5.41) is 2.73. The molecule has 2 unspecified atom stereocenters. The van der Waals surface area contributed by atoms with Gasteiger partial charge >= 0.3 is 6.18 Å². The Hall–Kier alpha value is -0.290. The van der Waals surface area contributed by atoms with E-state index < -0.39 is 12.7 Å². The zero-order valence-electron chi connectivity index (χ0n) is 12.4. The summed E-state index contributed by atoms with van der Waals surface area (Å²) >= 11 is 0. The first kappa shape index (κ1) is 16.1. The van der Waals surface area contributed by atoms with Gasteiger partial charge in [-0.1, -0.05) is 32.6 Å². The first-order valence-electron chi connectivity index (χ1n) is 8.02. The van der Waals surface area contributed by atoms with E-state index in [1.54, 1.807) is 0 Å². The normalized spacial score (nSPS) is 30.6. The van der Waals surface area contributed by atoms with Crippen LogP contribution in [0, 0.1) is 5.92 Å². The maximum Gasteiger partial charge on any atom is 0.401 e. The molecule has 1 aliphatic carbocycles. The first-order chi connectivity index (χ1) is 9.48. The van der Waals surface area contributed by atoms with Crippen molar-refractivity contribution < 1.29 is 13.2 Å². The van der Waals surface area contributed by atoms with Crippen molar-refractivity contribution in [3.05, 3.63) is 0 Å². The number of hydrogen-bond acceptors (Lipinski definition) is 2. The maximum absolute atomic E-state index is 12.4. The van der Waals surface area contributed by atoms with Gasteiger partial charge in [0.15, 0.2) is 0 Å². The number of likely N-dealkylation sites (tertiary alicyclic amines) is 1. The molecule has 2 aliphatic rings. The minimum atomic E-state index is -4.10. The molecule has 0 aromatic rings. The summed E-state index contributed by atoms with van der Waals surface area (Å²) in [6.07, 6.45) is 4.16. The monoisotopic (exact) mass is 292 g/mol. The van der Waals surface area contributed by atoms with Crippen molar-refractivity contribution in [1.82, 2.24) is 10.2 Å². The van der Waals surface area contributed by atoms with E-state index >= 15 is 0 Å². The second-order valence-electron chi connectivity index (χ2n) is 6.45. The summed E-state index contributed by atoms with van der Waals surface area (Å²) in [4.78, 5) is 2.46. The predicted molar refractivity (Wildman–Crippen MR) is 74.7 cm³/mol. The standard InChI is InChI=1S/C15H27F3N2/c1-2-12-8-13(19-11-15(16,17)18)10-20(9-12)14-6-4-3-5-7-14/h12-14,19H,2-11H2,1H3. The number of nitrogens with one attached hydrogen (secondary N) is 1. The third kappa shape index (κ3) is 4.92. The van der Waals surface area contributed by atoms with Gasteiger partial charge in [-0.15, -0.1) is 0 Å². The number of halogens is 3. The molecule has 0 radical (unpaired) electrons. The number of rotatable bonds is 4. The fourth-order valence-electron chi connectivity index (χ4n) is 3.69. The average Bonchev–Trinajstić information content (AvgIpc) is 2.45. The predicted octanol–water partition coefficient (Wildman–Crippen LogP) is 3.57. The smallest absolute Gasteiger partial charge is 0.305 e. The number of hydrogen-bond donors (Lipinski definition) is 1. The van der Waals surface area contributed by atoms with E-state index in [9.17, 15) is 13.2 Å². The van der Waals surface area contributed by atoms with Gasteiger partial charge in [0.25, 0.3) is 0 Å². The van der Waals surface area contributed by atoms with Gasteiger partial charge in [0.1, 0.15) is 0 Å². The molecule has 1 saturated carbocycles. The summed E-state index contributed by atoms with van der Waals surface area (Å²) in [6.45, 7) is 3.16. The zero-order chi connectivity index (χ0) is 14.6. The molecular formula is C15H27F3N2. The molecule has 0 aromatic carbocycles. The Morgan fingerprint density at radius 2 is 1.80 bits per heavy atom. The summed E-state index contributed by atoms with van der Waals surface area (Å²) < 4.78 is 37.1. The molecule has 1 N–H and O–H groups in total. The highest BCUT2D eigenvalue weighted by Crippen LogP contribution is 2.28. The van der Waals surface area contributed by atoms with Gasteiger partial charge in [0.2, 0.25) is 0 Å². The van der Waals surface area contributed by atoms with E-state index in [-0.39, 0.29) is 6.04 Å². The van der Waals surface area contributed by atoms with E-state index in [2.05, 4.69) is 17.1 Å². The molecule has 0 bridgehead atoms. The van der Waals surface area contributed by atoms with Crippen LogP contribution >= 0.6 is 0 Å². The van der Waals surface area contributed by atoms with Crippen molar-refractivity contribution >= 4 is 0 Å². The molecule has 2 fully saturated rings. The molecule has 1 heterocycles. The molecule has 2 rings (SSSR count). The lowest BCUT2D eigenvalue weighted by Crippen LogP contribution is -2.54. The summed E-state index contributed by atoms with van der Waals surface area (Å²) in [6, 6.07) is 0.602. The van der Waals surface area contributed by atoms with Crippen LogP contribution in [0.2, 0.25) is 0 Å². The van der Waals surface area contributed by atoms with Gasteiger partial charge in [-0.05, 0) is 25.2 Å². The van der Waals surface area contributed by atoms with E-state index in [0.29, 0.717) is 12.0 Å². The maximum atomic E-state index is 12.4. The summed E-state index contributed by atoms with van der Waals surface area (Å²) in [7, 11) is 0. The highest BCUT2D eigenvalue weighted by Gasteiger charge is 2.34. The molecule has 0 spiro atoms. The van der Waals surface area contributed by atoms with Crippen LogP contribution in [0.4, 0.5) is 13.2 Å². The fourth-order valence-corrected chi connectivity index (χ4v) is 3.69. The fraction of sp³-hybridized carbons (Fsp3) is 1.00. The second-order valence-corrected chi connectivity index (χ2v) is 6.45. The number of nitrogens with zero attached hydrogens (tertiary/aromatic N) is 1. The molecule has 5 heteroatoms. The Bertz CT molecular complexity index is 287. The van der Waals surface area contributed by atoms with Gasteiger partial charge < -0.3 is 5.32 Å². The molecule has 2 atom stereocenters. The van der Waals surface area contributed by atoms with Crippen molar-refractivity contribution in [1.29, 1.82) is 0 Å². The molecule has 0 aromatic heterocycles. The minimum Gasteiger partial charge on any atom is -0.305 e. The van der Waals surface area contributed by atoms with Crippen LogP contribution in [0.1, 0.15) is 51.9 Å². The Morgan fingerprint density at radius 1 is 1.10 bits per heavy atom. The highest BCUT2D eigenvalue weighted by atomic mass is 19.4. The summed E-state index contributed by atoms with van der Waals surface area (Å²) in [5.74, 6) is 0.538. The Balaban J connectivity index is 1.88. The van der Waals surface area contributed by atoms with Crippen molar-refractivity contribution in [2.75, 3.05) is 19.6 Å². The van der Waals surface area contributed by atoms with Gasteiger partial charge in [0, 0.05) is 25.2 Å². The molecule has 0 amide bonds. The molecular weight excluding hydrogens is 265 g/mol. The van der Waals surface area contributed by atoms with Crippen LogP contribution in [0.25, 0.3) is 0 Å². The van der Waals surface area contributed by atoms with E-state index in [0.717, 1.165) is 25.9 Å². The average molecular weight is 292 g/mol. The lowest BCUT2D eigenvalue weighted by atomic mass is 9.87. The summed E-state index contributed by atoms with van der Waals surface area (Å²) in [5.41, 5.74) is 0. The van der Waals surface area contributed by atoms with Crippen LogP contribution in [0.5, 0.6) is 0 Å². The van der Waals surface area contributed by atoms with Gasteiger partial charge in [-0.25, -0.2) is 0 Å². The molecule has 2 nitrogen and oxygen atoms in total. The quantitative estimate of drug-likeness (QED) is 0.852. The molecule has 118 valence electrons. The molecule has 20 heavy (non-hydrogen) atoms. The molecule has 1 aliphatic heterocycles. The van der Waals surface area contributed by atoms with Crippen LogP contribution in [-0.2, 0) is 0 Å². The lowest BCUT2D eigenvalue weighted by Gasteiger charge is -2.43. The second kappa shape index (κ2) is 7.12. The first-order valence-corrected chi connectivity index (χ1v) is 8.02. The van der Waals surface area contributed by atoms with E-state index in [1.165, 1.54) is 32.1 Å². The van der Waals surface area contributed by atoms with Crippen LogP contribution in [-0.4, -0.2) is 42.8 Å². The Kier molecular flexibility index (Phi) is 5.73. The Morgan fingerprint density at radius 3 is 2.40 bits per heavy atom. The zero-order valence-corrected chi connectivity index (χ0v) is 12.4. The van der Waals surface area contributed by atoms with Crippen LogP contribution < -0.4 is 5.32 Å². The van der Waals surface area contributed by atoms with Crippen molar-refractivity contribution in [3.63, 3.8) is 0 Å². The topological polar surface area (TPSA) is 15.3 Å². The van der Waals surface area contributed by atoms with Crippen LogP contribution in [0.15, 0.2) is 0 Å².